The lowest BCUT2D eigenvalue weighted by atomic mass is 9.92. The second kappa shape index (κ2) is 4.62. The molecule has 3 aliphatic rings. The van der Waals surface area contributed by atoms with Gasteiger partial charge in [0.05, 0.1) is 0 Å². The number of hydrogen-bond acceptors (Lipinski definition) is 3. The van der Waals surface area contributed by atoms with Gasteiger partial charge in [-0.05, 0) is 55.7 Å². The fourth-order valence-corrected chi connectivity index (χ4v) is 5.12. The van der Waals surface area contributed by atoms with E-state index in [-0.39, 0.29) is 0 Å². The lowest BCUT2D eigenvalue weighted by Gasteiger charge is -2.43. The van der Waals surface area contributed by atoms with Crippen LogP contribution in [0.4, 0.5) is 0 Å². The summed E-state index contributed by atoms with van der Waals surface area (Å²) in [6, 6.07) is 4.00. The molecule has 0 N–H and O–H groups in total. The molecule has 1 aromatic rings. The van der Waals surface area contributed by atoms with Crippen molar-refractivity contribution in [2.75, 3.05) is 26.2 Å². The second-order valence-corrected chi connectivity index (χ2v) is 7.03. The summed E-state index contributed by atoms with van der Waals surface area (Å²) in [6.07, 6.45) is 6.96. The zero-order valence-corrected chi connectivity index (χ0v) is 11.8. The molecule has 3 heterocycles. The largest absolute Gasteiger partial charge is 0.298 e. The van der Waals surface area contributed by atoms with Gasteiger partial charge in [0.1, 0.15) is 0 Å². The van der Waals surface area contributed by atoms with Gasteiger partial charge in [0.15, 0.2) is 0 Å². The summed E-state index contributed by atoms with van der Waals surface area (Å²) in [4.78, 5) is 7.17. The van der Waals surface area contributed by atoms with E-state index < -0.39 is 0 Å². The molecule has 2 aliphatic heterocycles. The third-order valence-corrected chi connectivity index (χ3v) is 6.08. The average molecular weight is 262 g/mol. The topological polar surface area (TPSA) is 6.48 Å². The Bertz CT molecular complexity index is 428. The van der Waals surface area contributed by atoms with E-state index in [1.54, 1.807) is 10.4 Å². The Morgan fingerprint density at radius 2 is 2.00 bits per heavy atom. The molecule has 0 spiro atoms. The van der Waals surface area contributed by atoms with E-state index in [1.807, 2.05) is 11.3 Å². The SMILES string of the molecule is c1cc2c(s1)CCCC2N1CCN2CCCC2C1. The van der Waals surface area contributed by atoms with E-state index in [2.05, 4.69) is 21.2 Å². The van der Waals surface area contributed by atoms with E-state index in [0.29, 0.717) is 0 Å². The quantitative estimate of drug-likeness (QED) is 0.768. The summed E-state index contributed by atoms with van der Waals surface area (Å²) in [5.74, 6) is 0. The summed E-state index contributed by atoms with van der Waals surface area (Å²) in [5.41, 5.74) is 1.66. The zero-order valence-electron chi connectivity index (χ0n) is 11.0. The zero-order chi connectivity index (χ0) is 11.9. The molecule has 0 amide bonds. The monoisotopic (exact) mass is 262 g/mol. The maximum atomic E-state index is 2.79. The molecule has 2 unspecified atom stereocenters. The first kappa shape index (κ1) is 11.4. The van der Waals surface area contributed by atoms with Crippen molar-refractivity contribution in [1.29, 1.82) is 0 Å². The number of nitrogens with zero attached hydrogens (tertiary/aromatic N) is 2. The molecule has 1 aliphatic carbocycles. The fraction of sp³-hybridized carbons (Fsp3) is 0.733. The van der Waals surface area contributed by atoms with Gasteiger partial charge in [-0.25, -0.2) is 0 Å². The number of aryl methyl sites for hydroxylation is 1. The minimum Gasteiger partial charge on any atom is -0.298 e. The van der Waals surface area contributed by atoms with Crippen LogP contribution in [-0.2, 0) is 6.42 Å². The van der Waals surface area contributed by atoms with Crippen molar-refractivity contribution in [1.82, 2.24) is 9.80 Å². The van der Waals surface area contributed by atoms with Crippen LogP contribution in [0.15, 0.2) is 11.4 Å². The van der Waals surface area contributed by atoms with E-state index in [1.165, 1.54) is 58.3 Å². The van der Waals surface area contributed by atoms with Crippen molar-refractivity contribution < 1.29 is 0 Å². The van der Waals surface area contributed by atoms with Crippen molar-refractivity contribution >= 4 is 11.3 Å². The lowest BCUT2D eigenvalue weighted by molar-refractivity contribution is 0.0650. The van der Waals surface area contributed by atoms with E-state index in [9.17, 15) is 0 Å². The smallest absolute Gasteiger partial charge is 0.0360 e. The van der Waals surface area contributed by atoms with Gasteiger partial charge < -0.3 is 0 Å². The highest BCUT2D eigenvalue weighted by Crippen LogP contribution is 2.38. The van der Waals surface area contributed by atoms with Crippen molar-refractivity contribution in [3.05, 3.63) is 21.9 Å². The molecule has 2 nitrogen and oxygen atoms in total. The standard InChI is InChI=1S/C15H22N2S/c1-4-14(13-6-10-18-15(13)5-1)17-9-8-16-7-2-3-12(16)11-17/h6,10,12,14H,1-5,7-9,11H2. The minimum atomic E-state index is 0.739. The lowest BCUT2D eigenvalue weighted by Crippen LogP contribution is -2.51. The van der Waals surface area contributed by atoms with Crippen LogP contribution in [0, 0.1) is 0 Å². The van der Waals surface area contributed by atoms with Gasteiger partial charge in [0.25, 0.3) is 0 Å². The molecule has 1 aromatic heterocycles. The maximum Gasteiger partial charge on any atom is 0.0360 e. The predicted octanol–water partition coefficient (Wildman–Crippen LogP) is 2.91. The van der Waals surface area contributed by atoms with Crippen LogP contribution in [0.1, 0.15) is 42.2 Å². The van der Waals surface area contributed by atoms with Crippen molar-refractivity contribution in [2.24, 2.45) is 0 Å². The van der Waals surface area contributed by atoms with Gasteiger partial charge >= 0.3 is 0 Å². The van der Waals surface area contributed by atoms with Crippen LogP contribution in [0.3, 0.4) is 0 Å². The second-order valence-electron chi connectivity index (χ2n) is 6.03. The van der Waals surface area contributed by atoms with Crippen molar-refractivity contribution in [3.8, 4) is 0 Å². The predicted molar refractivity (Wildman–Crippen MR) is 76.2 cm³/mol. The number of rotatable bonds is 1. The molecule has 98 valence electrons. The molecule has 18 heavy (non-hydrogen) atoms. The first-order valence-electron chi connectivity index (χ1n) is 7.46. The Balaban J connectivity index is 1.54. The summed E-state index contributed by atoms with van der Waals surface area (Å²) in [5, 5.41) is 2.30. The highest BCUT2D eigenvalue weighted by Gasteiger charge is 2.35. The normalized spacial score (nSPS) is 33.3. The molecule has 0 bridgehead atoms. The third-order valence-electron chi connectivity index (χ3n) is 5.08. The van der Waals surface area contributed by atoms with Crippen LogP contribution in [-0.4, -0.2) is 42.0 Å². The van der Waals surface area contributed by atoms with E-state index in [0.717, 1.165) is 12.1 Å². The number of thiophene rings is 1. The fourth-order valence-electron chi connectivity index (χ4n) is 4.14. The van der Waals surface area contributed by atoms with E-state index in [4.69, 9.17) is 0 Å². The number of fused-ring (bicyclic) bond motifs is 2. The molecule has 2 saturated heterocycles. The Morgan fingerprint density at radius 3 is 3.00 bits per heavy atom. The Hall–Kier alpha value is -0.380. The molecule has 3 heteroatoms. The van der Waals surface area contributed by atoms with Crippen LogP contribution in [0.25, 0.3) is 0 Å². The minimum absolute atomic E-state index is 0.739. The Kier molecular flexibility index (Phi) is 2.94. The van der Waals surface area contributed by atoms with Gasteiger partial charge in [-0.15, -0.1) is 11.3 Å². The summed E-state index contributed by atoms with van der Waals surface area (Å²) in [6.45, 7) is 5.27. The number of piperazine rings is 1. The van der Waals surface area contributed by atoms with Crippen molar-refractivity contribution in [2.45, 2.75) is 44.2 Å². The van der Waals surface area contributed by atoms with Gasteiger partial charge in [-0.2, -0.15) is 0 Å². The molecule has 2 fully saturated rings. The Labute approximate surface area is 114 Å². The summed E-state index contributed by atoms with van der Waals surface area (Å²) >= 11 is 1.98. The van der Waals surface area contributed by atoms with Gasteiger partial charge in [0, 0.05) is 36.6 Å². The molecule has 0 saturated carbocycles. The highest BCUT2D eigenvalue weighted by atomic mass is 32.1. The highest BCUT2D eigenvalue weighted by molar-refractivity contribution is 7.10. The molecule has 0 radical (unpaired) electrons. The van der Waals surface area contributed by atoms with Crippen molar-refractivity contribution in [3.63, 3.8) is 0 Å². The number of hydrogen-bond donors (Lipinski definition) is 0. The maximum absolute atomic E-state index is 2.79. The van der Waals surface area contributed by atoms with Gasteiger partial charge in [-0.3, -0.25) is 9.80 Å². The van der Waals surface area contributed by atoms with E-state index >= 15 is 0 Å². The first-order chi connectivity index (χ1) is 8.92. The molecule has 4 rings (SSSR count). The summed E-state index contributed by atoms with van der Waals surface area (Å²) in [7, 11) is 0. The van der Waals surface area contributed by atoms with Gasteiger partial charge in [-0.1, -0.05) is 0 Å². The van der Waals surface area contributed by atoms with Crippen LogP contribution in [0.5, 0.6) is 0 Å². The Morgan fingerprint density at radius 1 is 1.06 bits per heavy atom. The molecule has 0 aromatic carbocycles. The van der Waals surface area contributed by atoms with Crippen LogP contribution < -0.4 is 0 Å². The van der Waals surface area contributed by atoms with Gasteiger partial charge in [0.2, 0.25) is 0 Å². The molecule has 2 atom stereocenters. The van der Waals surface area contributed by atoms with Crippen LogP contribution >= 0.6 is 11.3 Å². The third kappa shape index (κ3) is 1.84. The summed E-state index contributed by atoms with van der Waals surface area (Å²) < 4.78 is 0. The first-order valence-corrected chi connectivity index (χ1v) is 8.34. The average Bonchev–Trinajstić information content (AvgIpc) is 3.05. The molecular formula is C15H22N2S. The molecular weight excluding hydrogens is 240 g/mol. The van der Waals surface area contributed by atoms with Crippen LogP contribution in [0.2, 0.25) is 0 Å².